The van der Waals surface area contributed by atoms with Gasteiger partial charge in [-0.3, -0.25) is 0 Å². The molecular formula is C16H30O2. The summed E-state index contributed by atoms with van der Waals surface area (Å²) in [5.74, 6) is -0.721. The molecule has 0 spiro atoms. The summed E-state index contributed by atoms with van der Waals surface area (Å²) >= 11 is 0. The molecule has 0 bridgehead atoms. The average Bonchev–Trinajstić information content (AvgIpc) is 2.35. The maximum atomic E-state index is 11.1. The van der Waals surface area contributed by atoms with Crippen LogP contribution in [-0.4, -0.2) is 11.1 Å². The number of unbranched alkanes of at least 4 members (excludes halogenated alkanes) is 8. The first kappa shape index (κ1) is 17.2. The van der Waals surface area contributed by atoms with Gasteiger partial charge in [-0.05, 0) is 25.7 Å². The van der Waals surface area contributed by atoms with E-state index in [-0.39, 0.29) is 0 Å². The second-order valence-electron chi connectivity index (χ2n) is 5.05. The Labute approximate surface area is 112 Å². The normalized spacial score (nSPS) is 11.8. The van der Waals surface area contributed by atoms with E-state index in [1.807, 2.05) is 6.08 Å². The predicted molar refractivity (Wildman–Crippen MR) is 77.9 cm³/mol. The third-order valence-electron chi connectivity index (χ3n) is 3.27. The van der Waals surface area contributed by atoms with Crippen molar-refractivity contribution in [3.8, 4) is 0 Å². The summed E-state index contributed by atoms with van der Waals surface area (Å²) in [6.07, 6.45) is 14.4. The van der Waals surface area contributed by atoms with Crippen molar-refractivity contribution in [3.05, 3.63) is 11.6 Å². The van der Waals surface area contributed by atoms with E-state index in [0.717, 1.165) is 32.1 Å². The molecule has 0 fully saturated rings. The summed E-state index contributed by atoms with van der Waals surface area (Å²) in [6, 6.07) is 0. The standard InChI is InChI=1S/C16H30O2/c1-3-5-7-9-11-13-15(16(17)18)14-12-10-8-6-4-2/h13H,3-12,14H2,1-2H3,(H,17,18)/b15-13+. The number of aliphatic carboxylic acids is 1. The molecule has 0 saturated heterocycles. The highest BCUT2D eigenvalue weighted by Gasteiger charge is 2.05. The van der Waals surface area contributed by atoms with Gasteiger partial charge in [-0.2, -0.15) is 0 Å². The number of hydrogen-bond acceptors (Lipinski definition) is 1. The van der Waals surface area contributed by atoms with Crippen molar-refractivity contribution < 1.29 is 9.90 Å². The SMILES string of the molecule is CCCCCC/C=C(\CCCCCCC)C(=O)O. The van der Waals surface area contributed by atoms with Gasteiger partial charge in [0.2, 0.25) is 0 Å². The molecule has 2 heteroatoms. The highest BCUT2D eigenvalue weighted by molar-refractivity contribution is 5.86. The number of allylic oxidation sites excluding steroid dienone is 1. The summed E-state index contributed by atoms with van der Waals surface area (Å²) in [4.78, 5) is 11.1. The second-order valence-corrected chi connectivity index (χ2v) is 5.05. The molecule has 0 aromatic carbocycles. The van der Waals surface area contributed by atoms with E-state index in [1.165, 1.54) is 38.5 Å². The van der Waals surface area contributed by atoms with Gasteiger partial charge in [0.25, 0.3) is 0 Å². The number of carboxylic acids is 1. The van der Waals surface area contributed by atoms with Crippen LogP contribution in [0.4, 0.5) is 0 Å². The molecule has 0 heterocycles. The molecule has 0 aliphatic heterocycles. The molecule has 106 valence electrons. The number of hydrogen-bond donors (Lipinski definition) is 1. The van der Waals surface area contributed by atoms with Crippen LogP contribution in [0, 0.1) is 0 Å². The summed E-state index contributed by atoms with van der Waals surface area (Å²) in [6.45, 7) is 4.38. The van der Waals surface area contributed by atoms with Crippen LogP contribution in [0.5, 0.6) is 0 Å². The minimum Gasteiger partial charge on any atom is -0.478 e. The lowest BCUT2D eigenvalue weighted by Gasteiger charge is -2.03. The van der Waals surface area contributed by atoms with Gasteiger partial charge in [0.05, 0.1) is 0 Å². The first-order valence-electron chi connectivity index (χ1n) is 7.64. The van der Waals surface area contributed by atoms with Crippen LogP contribution in [0.1, 0.15) is 84.5 Å². The largest absolute Gasteiger partial charge is 0.478 e. The first-order valence-corrected chi connectivity index (χ1v) is 7.64. The monoisotopic (exact) mass is 254 g/mol. The predicted octanol–water partition coefficient (Wildman–Crippen LogP) is 5.33. The van der Waals surface area contributed by atoms with E-state index >= 15 is 0 Å². The Bertz CT molecular complexity index is 231. The molecule has 2 nitrogen and oxygen atoms in total. The molecule has 0 amide bonds. The first-order chi connectivity index (χ1) is 8.72. The lowest BCUT2D eigenvalue weighted by molar-refractivity contribution is -0.132. The van der Waals surface area contributed by atoms with Crippen molar-refractivity contribution in [2.75, 3.05) is 0 Å². The summed E-state index contributed by atoms with van der Waals surface area (Å²) in [5, 5.41) is 9.11. The molecule has 0 rings (SSSR count). The molecule has 1 N–H and O–H groups in total. The number of carbonyl (C=O) groups is 1. The van der Waals surface area contributed by atoms with E-state index in [0.29, 0.717) is 5.57 Å². The van der Waals surface area contributed by atoms with Gasteiger partial charge in [-0.1, -0.05) is 64.9 Å². The van der Waals surface area contributed by atoms with Gasteiger partial charge in [-0.25, -0.2) is 4.79 Å². The fourth-order valence-electron chi connectivity index (χ4n) is 2.06. The number of rotatable bonds is 12. The Morgan fingerprint density at radius 1 is 0.889 bits per heavy atom. The van der Waals surface area contributed by atoms with Gasteiger partial charge < -0.3 is 5.11 Å². The lowest BCUT2D eigenvalue weighted by atomic mass is 10.0. The molecule has 0 aliphatic rings. The highest BCUT2D eigenvalue weighted by atomic mass is 16.4. The van der Waals surface area contributed by atoms with Gasteiger partial charge in [-0.15, -0.1) is 0 Å². The van der Waals surface area contributed by atoms with Gasteiger partial charge in [0, 0.05) is 5.57 Å². The van der Waals surface area contributed by atoms with Gasteiger partial charge in [0.15, 0.2) is 0 Å². The van der Waals surface area contributed by atoms with Crippen LogP contribution in [0.25, 0.3) is 0 Å². The molecule has 0 saturated carbocycles. The Kier molecular flexibility index (Phi) is 12.1. The molecule has 0 unspecified atom stereocenters. The zero-order valence-corrected chi connectivity index (χ0v) is 12.2. The van der Waals surface area contributed by atoms with Crippen LogP contribution in [0.3, 0.4) is 0 Å². The van der Waals surface area contributed by atoms with Crippen molar-refractivity contribution >= 4 is 5.97 Å². The van der Waals surface area contributed by atoms with Crippen molar-refractivity contribution in [3.63, 3.8) is 0 Å². The summed E-state index contributed by atoms with van der Waals surface area (Å²) in [7, 11) is 0. The Morgan fingerprint density at radius 2 is 1.44 bits per heavy atom. The quantitative estimate of drug-likeness (QED) is 0.377. The van der Waals surface area contributed by atoms with Crippen LogP contribution in [0.2, 0.25) is 0 Å². The maximum absolute atomic E-state index is 11.1. The van der Waals surface area contributed by atoms with Crippen LogP contribution < -0.4 is 0 Å². The van der Waals surface area contributed by atoms with Crippen molar-refractivity contribution in [1.82, 2.24) is 0 Å². The van der Waals surface area contributed by atoms with Crippen LogP contribution in [-0.2, 0) is 4.79 Å². The van der Waals surface area contributed by atoms with Crippen molar-refractivity contribution in [2.24, 2.45) is 0 Å². The van der Waals surface area contributed by atoms with Gasteiger partial charge in [0.1, 0.15) is 0 Å². The summed E-state index contributed by atoms with van der Waals surface area (Å²) < 4.78 is 0. The van der Waals surface area contributed by atoms with Crippen molar-refractivity contribution in [2.45, 2.75) is 84.5 Å². The Hall–Kier alpha value is -0.790. The minimum atomic E-state index is -0.721. The topological polar surface area (TPSA) is 37.3 Å². The maximum Gasteiger partial charge on any atom is 0.331 e. The molecular weight excluding hydrogens is 224 g/mol. The van der Waals surface area contributed by atoms with Crippen molar-refractivity contribution in [1.29, 1.82) is 0 Å². The zero-order chi connectivity index (χ0) is 13.6. The molecule has 0 atom stereocenters. The van der Waals surface area contributed by atoms with E-state index in [1.54, 1.807) is 0 Å². The van der Waals surface area contributed by atoms with Gasteiger partial charge >= 0.3 is 5.97 Å². The molecule has 0 aliphatic carbocycles. The summed E-state index contributed by atoms with van der Waals surface area (Å²) in [5.41, 5.74) is 0.628. The van der Waals surface area contributed by atoms with E-state index in [2.05, 4.69) is 13.8 Å². The highest BCUT2D eigenvalue weighted by Crippen LogP contribution is 2.13. The van der Waals surface area contributed by atoms with E-state index in [4.69, 9.17) is 5.11 Å². The molecule has 0 aromatic heterocycles. The zero-order valence-electron chi connectivity index (χ0n) is 12.2. The lowest BCUT2D eigenvalue weighted by Crippen LogP contribution is -2.00. The minimum absolute atomic E-state index is 0.628. The smallest absolute Gasteiger partial charge is 0.331 e. The second kappa shape index (κ2) is 12.7. The molecule has 0 radical (unpaired) electrons. The fourth-order valence-corrected chi connectivity index (χ4v) is 2.06. The third-order valence-corrected chi connectivity index (χ3v) is 3.27. The molecule has 0 aromatic rings. The Balaban J connectivity index is 3.76. The van der Waals surface area contributed by atoms with E-state index < -0.39 is 5.97 Å². The van der Waals surface area contributed by atoms with Crippen LogP contribution in [0.15, 0.2) is 11.6 Å². The average molecular weight is 254 g/mol. The van der Waals surface area contributed by atoms with E-state index in [9.17, 15) is 4.79 Å². The fraction of sp³-hybridized carbons (Fsp3) is 0.812. The number of carboxylic acid groups (broad SMARTS) is 1. The Morgan fingerprint density at radius 3 is 2.00 bits per heavy atom. The third kappa shape index (κ3) is 10.4. The van der Waals surface area contributed by atoms with Crippen LogP contribution >= 0.6 is 0 Å². The molecule has 18 heavy (non-hydrogen) atoms.